The van der Waals surface area contributed by atoms with Crippen LogP contribution in [0.3, 0.4) is 0 Å². The number of nitrogen functional groups attached to an aromatic ring is 1. The van der Waals surface area contributed by atoms with Crippen molar-refractivity contribution in [2.75, 3.05) is 5.73 Å². The lowest BCUT2D eigenvalue weighted by Gasteiger charge is -2.09. The Kier molecular flexibility index (Phi) is 3.69. The lowest BCUT2D eigenvalue weighted by atomic mass is 10.1. The first-order valence-corrected chi connectivity index (χ1v) is 6.44. The largest absolute Gasteiger partial charge is 0.383 e. The normalized spacial score (nSPS) is 10.9. The van der Waals surface area contributed by atoms with Crippen molar-refractivity contribution >= 4 is 5.82 Å². The quantitative estimate of drug-likeness (QED) is 0.855. The van der Waals surface area contributed by atoms with E-state index in [9.17, 15) is 0 Å². The molecule has 0 aliphatic heterocycles. The number of nitrogens with zero attached hydrogens (tertiary/aromatic N) is 3. The molecule has 0 bridgehead atoms. The van der Waals surface area contributed by atoms with Crippen LogP contribution in [0.15, 0.2) is 31.1 Å². The number of allylic oxidation sites excluding steroid dienone is 1. The fourth-order valence-corrected chi connectivity index (χ4v) is 2.16. The molecule has 0 unspecified atom stereocenters. The van der Waals surface area contributed by atoms with E-state index in [1.54, 1.807) is 6.20 Å². The molecule has 0 saturated heterocycles. The first-order valence-electron chi connectivity index (χ1n) is 6.44. The molecule has 2 aromatic rings. The van der Waals surface area contributed by atoms with E-state index in [4.69, 9.17) is 10.7 Å². The Morgan fingerprint density at radius 3 is 2.79 bits per heavy atom. The minimum absolute atomic E-state index is 0.313. The van der Waals surface area contributed by atoms with Gasteiger partial charge in [-0.05, 0) is 18.6 Å². The first-order chi connectivity index (χ1) is 9.06. The SMILES string of the molecule is C=CCn1c(C(C)C)nc(-c2cnccc2C)c1N. The molecule has 0 fully saturated rings. The number of imidazole rings is 1. The van der Waals surface area contributed by atoms with Gasteiger partial charge < -0.3 is 10.3 Å². The number of aromatic nitrogens is 3. The van der Waals surface area contributed by atoms with E-state index in [0.717, 1.165) is 22.6 Å². The molecule has 4 nitrogen and oxygen atoms in total. The van der Waals surface area contributed by atoms with Crippen molar-refractivity contribution in [3.63, 3.8) is 0 Å². The third-order valence-electron chi connectivity index (χ3n) is 3.16. The van der Waals surface area contributed by atoms with E-state index in [-0.39, 0.29) is 0 Å². The van der Waals surface area contributed by atoms with Crippen LogP contribution in [-0.4, -0.2) is 14.5 Å². The van der Waals surface area contributed by atoms with Crippen LogP contribution in [0.4, 0.5) is 5.82 Å². The maximum absolute atomic E-state index is 6.25. The van der Waals surface area contributed by atoms with Gasteiger partial charge in [0.1, 0.15) is 17.3 Å². The van der Waals surface area contributed by atoms with E-state index in [2.05, 4.69) is 25.4 Å². The fraction of sp³-hybridized carbons (Fsp3) is 0.333. The number of rotatable bonds is 4. The second-order valence-corrected chi connectivity index (χ2v) is 4.95. The average Bonchev–Trinajstić information content (AvgIpc) is 2.69. The Morgan fingerprint density at radius 2 is 2.21 bits per heavy atom. The molecule has 2 heterocycles. The minimum atomic E-state index is 0.313. The number of anilines is 1. The zero-order valence-corrected chi connectivity index (χ0v) is 11.7. The number of pyridine rings is 1. The zero-order valence-electron chi connectivity index (χ0n) is 11.7. The lowest BCUT2D eigenvalue weighted by Crippen LogP contribution is -2.07. The molecule has 0 amide bonds. The van der Waals surface area contributed by atoms with Crippen molar-refractivity contribution in [2.45, 2.75) is 33.2 Å². The molecule has 0 saturated carbocycles. The van der Waals surface area contributed by atoms with Crippen molar-refractivity contribution < 1.29 is 0 Å². The Hall–Kier alpha value is -2.10. The van der Waals surface area contributed by atoms with Gasteiger partial charge >= 0.3 is 0 Å². The van der Waals surface area contributed by atoms with Gasteiger partial charge in [-0.1, -0.05) is 19.9 Å². The highest BCUT2D eigenvalue weighted by Crippen LogP contribution is 2.30. The average molecular weight is 256 g/mol. The summed E-state index contributed by atoms with van der Waals surface area (Å²) in [4.78, 5) is 8.88. The highest BCUT2D eigenvalue weighted by molar-refractivity contribution is 5.73. The van der Waals surface area contributed by atoms with Gasteiger partial charge in [0.15, 0.2) is 0 Å². The van der Waals surface area contributed by atoms with Gasteiger partial charge in [-0.25, -0.2) is 4.98 Å². The fourth-order valence-electron chi connectivity index (χ4n) is 2.16. The van der Waals surface area contributed by atoms with Crippen LogP contribution in [0.5, 0.6) is 0 Å². The van der Waals surface area contributed by atoms with Crippen LogP contribution in [0.25, 0.3) is 11.3 Å². The second kappa shape index (κ2) is 5.26. The summed E-state index contributed by atoms with van der Waals surface area (Å²) in [5.74, 6) is 1.98. The molecule has 2 aromatic heterocycles. The molecule has 0 radical (unpaired) electrons. The van der Waals surface area contributed by atoms with Gasteiger partial charge in [0.25, 0.3) is 0 Å². The molecular weight excluding hydrogens is 236 g/mol. The summed E-state index contributed by atoms with van der Waals surface area (Å²) in [6.45, 7) is 10.7. The molecular formula is C15H20N4. The number of nitrogens with two attached hydrogens (primary N) is 1. The van der Waals surface area contributed by atoms with Crippen LogP contribution in [-0.2, 0) is 6.54 Å². The summed E-state index contributed by atoms with van der Waals surface area (Å²) in [5.41, 5.74) is 9.19. The topological polar surface area (TPSA) is 56.7 Å². The van der Waals surface area contributed by atoms with Gasteiger partial charge in [-0.15, -0.1) is 6.58 Å². The van der Waals surface area contributed by atoms with Crippen molar-refractivity contribution in [3.05, 3.63) is 42.5 Å². The van der Waals surface area contributed by atoms with Crippen molar-refractivity contribution in [1.82, 2.24) is 14.5 Å². The molecule has 19 heavy (non-hydrogen) atoms. The summed E-state index contributed by atoms with van der Waals surface area (Å²) < 4.78 is 2.01. The molecule has 0 atom stereocenters. The van der Waals surface area contributed by atoms with Gasteiger partial charge in [-0.3, -0.25) is 4.98 Å². The summed E-state index contributed by atoms with van der Waals surface area (Å²) >= 11 is 0. The molecule has 4 heteroatoms. The standard InChI is InChI=1S/C15H20N4/c1-5-8-19-14(16)13(18-15(19)10(2)3)12-9-17-7-6-11(12)4/h5-7,9-10H,1,8,16H2,2-4H3. The first kappa shape index (κ1) is 13.3. The van der Waals surface area contributed by atoms with E-state index < -0.39 is 0 Å². The molecule has 100 valence electrons. The predicted octanol–water partition coefficient (Wildman–Crippen LogP) is 3.15. The van der Waals surface area contributed by atoms with Crippen molar-refractivity contribution in [3.8, 4) is 11.3 Å². The molecule has 2 rings (SSSR count). The molecule has 0 aliphatic carbocycles. The van der Waals surface area contributed by atoms with Crippen LogP contribution >= 0.6 is 0 Å². The third-order valence-corrected chi connectivity index (χ3v) is 3.16. The Labute approximate surface area is 114 Å². The highest BCUT2D eigenvalue weighted by Gasteiger charge is 2.18. The minimum Gasteiger partial charge on any atom is -0.383 e. The summed E-state index contributed by atoms with van der Waals surface area (Å²) in [7, 11) is 0. The monoisotopic (exact) mass is 256 g/mol. The van der Waals surface area contributed by atoms with E-state index in [1.807, 2.05) is 29.8 Å². The van der Waals surface area contributed by atoms with Gasteiger partial charge in [0.2, 0.25) is 0 Å². The Balaban J connectivity index is 2.62. The Bertz CT molecular complexity index is 596. The van der Waals surface area contributed by atoms with Crippen LogP contribution in [0, 0.1) is 6.92 Å². The lowest BCUT2D eigenvalue weighted by molar-refractivity contribution is 0.684. The van der Waals surface area contributed by atoms with Crippen LogP contribution in [0.1, 0.15) is 31.2 Å². The molecule has 0 aromatic carbocycles. The van der Waals surface area contributed by atoms with Crippen LogP contribution in [0.2, 0.25) is 0 Å². The highest BCUT2D eigenvalue weighted by atomic mass is 15.1. The van der Waals surface area contributed by atoms with Crippen molar-refractivity contribution in [1.29, 1.82) is 0 Å². The summed E-state index contributed by atoms with van der Waals surface area (Å²) in [6.07, 6.45) is 5.43. The second-order valence-electron chi connectivity index (χ2n) is 4.95. The van der Waals surface area contributed by atoms with Gasteiger partial charge in [0, 0.05) is 30.4 Å². The smallest absolute Gasteiger partial charge is 0.132 e. The number of hydrogen-bond donors (Lipinski definition) is 1. The maximum atomic E-state index is 6.25. The number of hydrogen-bond acceptors (Lipinski definition) is 3. The van der Waals surface area contributed by atoms with Gasteiger partial charge in [0.05, 0.1) is 0 Å². The van der Waals surface area contributed by atoms with Gasteiger partial charge in [-0.2, -0.15) is 0 Å². The predicted molar refractivity (Wildman–Crippen MR) is 78.9 cm³/mol. The maximum Gasteiger partial charge on any atom is 0.132 e. The van der Waals surface area contributed by atoms with E-state index >= 15 is 0 Å². The summed E-state index contributed by atoms with van der Waals surface area (Å²) in [6, 6.07) is 1.97. The molecule has 0 aliphatic rings. The van der Waals surface area contributed by atoms with E-state index in [0.29, 0.717) is 18.3 Å². The van der Waals surface area contributed by atoms with E-state index in [1.165, 1.54) is 0 Å². The summed E-state index contributed by atoms with van der Waals surface area (Å²) in [5, 5.41) is 0. The molecule has 0 spiro atoms. The Morgan fingerprint density at radius 1 is 1.47 bits per heavy atom. The molecule has 2 N–H and O–H groups in total. The number of aryl methyl sites for hydroxylation is 1. The van der Waals surface area contributed by atoms with Crippen LogP contribution < -0.4 is 5.73 Å². The third kappa shape index (κ3) is 2.38. The zero-order chi connectivity index (χ0) is 14.0. The van der Waals surface area contributed by atoms with Crippen molar-refractivity contribution in [2.24, 2.45) is 0 Å².